The normalized spacial score (nSPS) is 12.0. The van der Waals surface area contributed by atoms with Crippen molar-refractivity contribution in [2.75, 3.05) is 19.0 Å². The Hall–Kier alpha value is -3.79. The van der Waals surface area contributed by atoms with E-state index in [1.165, 1.54) is 27.9 Å². The first-order valence-electron chi connectivity index (χ1n) is 10.1. The highest BCUT2D eigenvalue weighted by molar-refractivity contribution is 5.82. The number of hydrogen-bond donors (Lipinski definition) is 1. The first-order valence-corrected chi connectivity index (χ1v) is 10.1. The monoisotopic (exact) mass is 393 g/mol. The largest absolute Gasteiger partial charge is 0.495 e. The molecule has 5 rings (SSSR count). The standard InChI is InChI=1S/C26H23N3O/c1-30-26-16-19(11-12-25(26)29-15-14-27-18-29)6-5-13-28-24-10-4-9-22-21-8-3-2-7-20(21)17-23(22)24/h2-12,14-16,18,28H,13,17H2,1H3/b6-5+. The van der Waals surface area contributed by atoms with Crippen molar-refractivity contribution in [3.63, 3.8) is 0 Å². The molecule has 3 aromatic carbocycles. The van der Waals surface area contributed by atoms with Crippen LogP contribution < -0.4 is 10.1 Å². The second kappa shape index (κ2) is 7.91. The van der Waals surface area contributed by atoms with E-state index in [4.69, 9.17) is 4.74 Å². The molecule has 0 spiro atoms. The van der Waals surface area contributed by atoms with Crippen molar-refractivity contribution in [2.45, 2.75) is 6.42 Å². The maximum atomic E-state index is 5.57. The van der Waals surface area contributed by atoms with Gasteiger partial charge in [-0.25, -0.2) is 4.98 Å². The highest BCUT2D eigenvalue weighted by Crippen LogP contribution is 2.39. The summed E-state index contributed by atoms with van der Waals surface area (Å²) in [5.74, 6) is 0.821. The Morgan fingerprint density at radius 2 is 1.97 bits per heavy atom. The molecular weight excluding hydrogens is 370 g/mol. The Balaban J connectivity index is 1.29. The van der Waals surface area contributed by atoms with Crippen molar-refractivity contribution < 1.29 is 4.74 Å². The lowest BCUT2D eigenvalue weighted by Crippen LogP contribution is -2.01. The minimum absolute atomic E-state index is 0.762. The lowest BCUT2D eigenvalue weighted by atomic mass is 10.0. The lowest BCUT2D eigenvalue weighted by Gasteiger charge is -2.11. The average molecular weight is 393 g/mol. The number of benzene rings is 3. The van der Waals surface area contributed by atoms with Gasteiger partial charge in [0.1, 0.15) is 5.75 Å². The smallest absolute Gasteiger partial charge is 0.143 e. The van der Waals surface area contributed by atoms with Gasteiger partial charge in [0.05, 0.1) is 19.1 Å². The van der Waals surface area contributed by atoms with Gasteiger partial charge in [0.25, 0.3) is 0 Å². The minimum atomic E-state index is 0.762. The molecule has 0 atom stereocenters. The van der Waals surface area contributed by atoms with E-state index in [2.05, 4.69) is 77.1 Å². The third-order valence-corrected chi connectivity index (χ3v) is 5.56. The van der Waals surface area contributed by atoms with Gasteiger partial charge in [-0.15, -0.1) is 0 Å². The molecule has 0 aliphatic heterocycles. The van der Waals surface area contributed by atoms with Crippen LogP contribution in [0.25, 0.3) is 22.9 Å². The summed E-state index contributed by atoms with van der Waals surface area (Å²) in [6.45, 7) is 0.762. The molecule has 4 aromatic rings. The van der Waals surface area contributed by atoms with Crippen LogP contribution >= 0.6 is 0 Å². The van der Waals surface area contributed by atoms with E-state index in [0.717, 1.165) is 30.0 Å². The summed E-state index contributed by atoms with van der Waals surface area (Å²) in [5, 5.41) is 3.58. The zero-order valence-corrected chi connectivity index (χ0v) is 16.9. The molecule has 30 heavy (non-hydrogen) atoms. The van der Waals surface area contributed by atoms with E-state index >= 15 is 0 Å². The molecule has 148 valence electrons. The number of hydrogen-bond acceptors (Lipinski definition) is 3. The predicted octanol–water partition coefficient (Wildman–Crippen LogP) is 5.58. The highest BCUT2D eigenvalue weighted by Gasteiger charge is 2.19. The van der Waals surface area contributed by atoms with Gasteiger partial charge in [-0.05, 0) is 46.0 Å². The van der Waals surface area contributed by atoms with Crippen LogP contribution in [0.5, 0.6) is 5.75 Å². The molecule has 0 saturated heterocycles. The average Bonchev–Trinajstić information content (AvgIpc) is 3.45. The summed E-state index contributed by atoms with van der Waals surface area (Å²) >= 11 is 0. The van der Waals surface area contributed by atoms with Gasteiger partial charge in [0.2, 0.25) is 0 Å². The topological polar surface area (TPSA) is 39.1 Å². The Morgan fingerprint density at radius 1 is 1.07 bits per heavy atom. The number of fused-ring (bicyclic) bond motifs is 3. The Kier molecular flexibility index (Phi) is 4.81. The van der Waals surface area contributed by atoms with E-state index < -0.39 is 0 Å². The molecule has 1 N–H and O–H groups in total. The molecule has 0 radical (unpaired) electrons. The lowest BCUT2D eigenvalue weighted by molar-refractivity contribution is 0.413. The molecule has 1 aliphatic carbocycles. The summed E-state index contributed by atoms with van der Waals surface area (Å²) in [6, 6.07) is 21.4. The molecule has 0 bridgehead atoms. The maximum absolute atomic E-state index is 5.57. The predicted molar refractivity (Wildman–Crippen MR) is 122 cm³/mol. The van der Waals surface area contributed by atoms with Crippen LogP contribution in [0.4, 0.5) is 5.69 Å². The molecule has 0 fully saturated rings. The van der Waals surface area contributed by atoms with Crippen molar-refractivity contribution in [3.8, 4) is 22.6 Å². The molecule has 0 amide bonds. The fourth-order valence-corrected chi connectivity index (χ4v) is 4.10. The van der Waals surface area contributed by atoms with E-state index in [9.17, 15) is 0 Å². The van der Waals surface area contributed by atoms with Gasteiger partial charge < -0.3 is 14.6 Å². The van der Waals surface area contributed by atoms with Crippen LogP contribution in [0.3, 0.4) is 0 Å². The Labute approximate surface area is 176 Å². The molecule has 0 unspecified atom stereocenters. The van der Waals surface area contributed by atoms with Crippen molar-refractivity contribution in [2.24, 2.45) is 0 Å². The van der Waals surface area contributed by atoms with Crippen molar-refractivity contribution in [3.05, 3.63) is 102 Å². The van der Waals surface area contributed by atoms with E-state index in [1.807, 2.05) is 16.8 Å². The zero-order chi connectivity index (χ0) is 20.3. The van der Waals surface area contributed by atoms with Crippen LogP contribution in [0.15, 0.2) is 85.5 Å². The third kappa shape index (κ3) is 3.37. The molecular formula is C26H23N3O. The van der Waals surface area contributed by atoms with E-state index in [-0.39, 0.29) is 0 Å². The molecule has 4 heteroatoms. The summed E-state index contributed by atoms with van der Waals surface area (Å²) in [5.41, 5.74) is 8.78. The van der Waals surface area contributed by atoms with Gasteiger partial charge in [-0.3, -0.25) is 0 Å². The van der Waals surface area contributed by atoms with Gasteiger partial charge >= 0.3 is 0 Å². The van der Waals surface area contributed by atoms with Gasteiger partial charge in [0.15, 0.2) is 0 Å². The van der Waals surface area contributed by atoms with Crippen LogP contribution in [0.2, 0.25) is 0 Å². The summed E-state index contributed by atoms with van der Waals surface area (Å²) < 4.78 is 7.51. The molecule has 1 aliphatic rings. The van der Waals surface area contributed by atoms with E-state index in [1.54, 1.807) is 19.6 Å². The minimum Gasteiger partial charge on any atom is -0.495 e. The number of methoxy groups -OCH3 is 1. The quantitative estimate of drug-likeness (QED) is 0.409. The number of imidazole rings is 1. The van der Waals surface area contributed by atoms with Crippen molar-refractivity contribution in [1.82, 2.24) is 9.55 Å². The second-order valence-electron chi connectivity index (χ2n) is 7.35. The fourth-order valence-electron chi connectivity index (χ4n) is 4.10. The van der Waals surface area contributed by atoms with Crippen molar-refractivity contribution in [1.29, 1.82) is 0 Å². The first kappa shape index (κ1) is 18.3. The SMILES string of the molecule is COc1cc(/C=C/CNc2cccc3c2Cc2ccccc2-3)ccc1-n1ccnc1. The number of aromatic nitrogens is 2. The fraction of sp³-hybridized carbons (Fsp3) is 0.115. The van der Waals surface area contributed by atoms with Crippen LogP contribution in [-0.2, 0) is 6.42 Å². The van der Waals surface area contributed by atoms with Crippen LogP contribution in [-0.4, -0.2) is 23.2 Å². The van der Waals surface area contributed by atoms with Gasteiger partial charge in [-0.1, -0.05) is 54.6 Å². The highest BCUT2D eigenvalue weighted by atomic mass is 16.5. The first-order chi connectivity index (χ1) is 14.8. The number of rotatable bonds is 6. The molecule has 0 saturated carbocycles. The number of ether oxygens (including phenoxy) is 1. The van der Waals surface area contributed by atoms with Crippen molar-refractivity contribution >= 4 is 11.8 Å². The number of anilines is 1. The maximum Gasteiger partial charge on any atom is 0.143 e. The Morgan fingerprint density at radius 3 is 2.83 bits per heavy atom. The number of nitrogens with one attached hydrogen (secondary N) is 1. The summed E-state index contributed by atoms with van der Waals surface area (Å²) in [7, 11) is 1.69. The Bertz CT molecular complexity index is 1210. The molecule has 1 aromatic heterocycles. The van der Waals surface area contributed by atoms with Gasteiger partial charge in [0, 0.05) is 31.0 Å². The number of nitrogens with zero attached hydrogens (tertiary/aromatic N) is 2. The third-order valence-electron chi connectivity index (χ3n) is 5.56. The van der Waals surface area contributed by atoms with Crippen LogP contribution in [0.1, 0.15) is 16.7 Å². The van der Waals surface area contributed by atoms with E-state index in [0.29, 0.717) is 0 Å². The zero-order valence-electron chi connectivity index (χ0n) is 16.9. The summed E-state index contributed by atoms with van der Waals surface area (Å²) in [6.07, 6.45) is 10.7. The molecule has 4 nitrogen and oxygen atoms in total. The summed E-state index contributed by atoms with van der Waals surface area (Å²) in [4.78, 5) is 4.11. The second-order valence-corrected chi connectivity index (χ2v) is 7.35. The van der Waals surface area contributed by atoms with Gasteiger partial charge in [-0.2, -0.15) is 0 Å². The van der Waals surface area contributed by atoms with Crippen LogP contribution in [0, 0.1) is 0 Å². The molecule has 1 heterocycles.